The van der Waals surface area contributed by atoms with Gasteiger partial charge in [0.2, 0.25) is 11.8 Å². The number of hydrogen-bond donors (Lipinski definition) is 3. The maximum atomic E-state index is 15.2. The summed E-state index contributed by atoms with van der Waals surface area (Å²) in [7, 11) is 2.12. The second kappa shape index (κ2) is 13.5. The Morgan fingerprint density at radius 3 is 2.63 bits per heavy atom. The summed E-state index contributed by atoms with van der Waals surface area (Å²) in [4.78, 5) is 64.7. The second-order valence-electron chi connectivity index (χ2n) is 15.9. The summed E-state index contributed by atoms with van der Waals surface area (Å²) in [6.45, 7) is 3.67. The van der Waals surface area contributed by atoms with E-state index in [0.717, 1.165) is 86.0 Å². The lowest BCUT2D eigenvalue weighted by atomic mass is 9.58. The molecule has 4 aromatic rings. The number of pyridine rings is 1. The summed E-state index contributed by atoms with van der Waals surface area (Å²) in [5, 5.41) is 6.08. The Kier molecular flexibility index (Phi) is 8.63. The van der Waals surface area contributed by atoms with Crippen molar-refractivity contribution in [1.29, 1.82) is 0 Å². The quantitative estimate of drug-likeness (QED) is 0.200. The lowest BCUT2D eigenvalue weighted by Gasteiger charge is -2.52. The van der Waals surface area contributed by atoms with Crippen molar-refractivity contribution in [2.24, 2.45) is 11.3 Å². The normalized spacial score (nSPS) is 22.8. The molecule has 4 amide bonds. The van der Waals surface area contributed by atoms with Crippen molar-refractivity contribution in [3.63, 3.8) is 0 Å². The molecule has 1 spiro atoms. The second-order valence-corrected chi connectivity index (χ2v) is 15.9. The van der Waals surface area contributed by atoms with E-state index in [0.29, 0.717) is 48.7 Å². The smallest absolute Gasteiger partial charge is 0.259 e. The third kappa shape index (κ3) is 6.27. The van der Waals surface area contributed by atoms with Gasteiger partial charge in [0.25, 0.3) is 11.8 Å². The van der Waals surface area contributed by atoms with Crippen molar-refractivity contribution in [3.05, 3.63) is 82.9 Å². The molecule has 1 saturated carbocycles. The van der Waals surface area contributed by atoms with Gasteiger partial charge in [-0.15, -0.1) is 0 Å². The number of piperidine rings is 2. The molecule has 2 atom stereocenters. The molecule has 1 unspecified atom stereocenters. The van der Waals surface area contributed by atoms with E-state index in [4.69, 9.17) is 4.74 Å². The summed E-state index contributed by atoms with van der Waals surface area (Å²) >= 11 is 0. The van der Waals surface area contributed by atoms with Gasteiger partial charge in [-0.2, -0.15) is 0 Å². The Bertz CT molecular complexity index is 2170. The van der Waals surface area contributed by atoms with Crippen LogP contribution in [-0.4, -0.2) is 82.7 Å². The molecule has 280 valence electrons. The molecule has 5 aliphatic rings. The van der Waals surface area contributed by atoms with Gasteiger partial charge >= 0.3 is 0 Å². The number of nitrogens with one attached hydrogen (secondary N) is 3. The zero-order valence-electron chi connectivity index (χ0n) is 30.3. The lowest BCUT2D eigenvalue weighted by molar-refractivity contribution is -0.136. The van der Waals surface area contributed by atoms with Gasteiger partial charge in [-0.05, 0) is 100 Å². The molecule has 4 fully saturated rings. The minimum Gasteiger partial charge on any atom is -0.493 e. The molecule has 1 aliphatic carbocycles. The van der Waals surface area contributed by atoms with Crippen LogP contribution in [0, 0.1) is 17.2 Å². The van der Waals surface area contributed by atoms with E-state index >= 15 is 4.39 Å². The number of H-pyrrole nitrogens is 1. The number of carbonyl (C=O) groups excluding carboxylic acids is 4. The summed E-state index contributed by atoms with van der Waals surface area (Å²) < 4.78 is 21.2. The van der Waals surface area contributed by atoms with Crippen molar-refractivity contribution in [2.75, 3.05) is 43.5 Å². The fourth-order valence-electron chi connectivity index (χ4n) is 9.55. The Morgan fingerprint density at radius 1 is 1.04 bits per heavy atom. The minimum atomic E-state index is -0.649. The predicted octanol–water partition coefficient (Wildman–Crippen LogP) is 5.56. The van der Waals surface area contributed by atoms with E-state index in [9.17, 15) is 19.2 Å². The first-order valence-electron chi connectivity index (χ1n) is 19.1. The monoisotopic (exact) mass is 733 g/mol. The van der Waals surface area contributed by atoms with Crippen LogP contribution in [0.25, 0.3) is 10.9 Å². The third-order valence-electron chi connectivity index (χ3n) is 12.5. The maximum absolute atomic E-state index is 15.2. The molecule has 12 nitrogen and oxygen atoms in total. The molecule has 2 aromatic carbocycles. The number of anilines is 2. The van der Waals surface area contributed by atoms with Gasteiger partial charge in [0, 0.05) is 78.3 Å². The van der Waals surface area contributed by atoms with Crippen molar-refractivity contribution in [3.8, 4) is 5.75 Å². The number of nitrogens with zero attached hydrogens (tertiary/aromatic N) is 4. The van der Waals surface area contributed by atoms with E-state index in [1.807, 2.05) is 12.1 Å². The van der Waals surface area contributed by atoms with Crippen molar-refractivity contribution in [2.45, 2.75) is 70.0 Å². The Morgan fingerprint density at radius 2 is 1.87 bits per heavy atom. The largest absolute Gasteiger partial charge is 0.493 e. The molecule has 2 aromatic heterocycles. The molecular weight excluding hydrogens is 689 g/mol. The molecule has 3 saturated heterocycles. The standard InChI is InChI=1S/C41H44FN7O5/c1-47-13-3-6-34(47)32-16-25-21-43-36(18-31(25)44-32)45-38(51)28-8-7-26(17-30(28)42)54-23-24-19-41(20-24)11-14-48(15-12-41)33-5-2-4-27-29(33)22-49(40(27)53)35-9-10-37(50)46-39(35)52/h2,4-5,7-8,16-18,21,24,34-35,44H,3,6,9-15,19-20,22-23H2,1H3,(H,43,45,51)(H,46,50,52)/t34-,35?/m1/s1. The number of aromatic nitrogens is 2. The molecule has 54 heavy (non-hydrogen) atoms. The molecule has 6 heterocycles. The first-order valence-corrected chi connectivity index (χ1v) is 19.1. The van der Waals surface area contributed by atoms with Crippen LogP contribution in [0.15, 0.2) is 54.7 Å². The number of halogens is 1. The number of fused-ring (bicyclic) bond motifs is 2. The van der Waals surface area contributed by atoms with Crippen LogP contribution in [0.2, 0.25) is 0 Å². The van der Waals surface area contributed by atoms with Crippen molar-refractivity contribution in [1.82, 2.24) is 25.1 Å². The van der Waals surface area contributed by atoms with Gasteiger partial charge in [0.1, 0.15) is 23.4 Å². The van der Waals surface area contributed by atoms with Gasteiger partial charge in [-0.25, -0.2) is 9.37 Å². The molecule has 3 N–H and O–H groups in total. The van der Waals surface area contributed by atoms with E-state index in [2.05, 4.69) is 49.6 Å². The SMILES string of the molecule is CN1CCC[C@@H]1c1cc2cnc(NC(=O)c3ccc(OCC4CC5(CCN(c6cccc7c6CN(C6CCC(=O)NC6=O)C7=O)CC5)C4)cc3F)cc2[nH]1. The number of likely N-dealkylation sites (tertiary alicyclic amines) is 1. The summed E-state index contributed by atoms with van der Waals surface area (Å²) in [5.74, 6) is -0.950. The Hall–Kier alpha value is -5.30. The highest BCUT2D eigenvalue weighted by Crippen LogP contribution is 2.53. The van der Waals surface area contributed by atoms with Crippen LogP contribution < -0.4 is 20.3 Å². The highest BCUT2D eigenvalue weighted by atomic mass is 19.1. The zero-order chi connectivity index (χ0) is 37.1. The summed E-state index contributed by atoms with van der Waals surface area (Å²) in [6.07, 6.45) is 8.69. The first kappa shape index (κ1) is 34.5. The minimum absolute atomic E-state index is 0.0736. The number of hydrogen-bond acceptors (Lipinski definition) is 8. The molecular formula is C41H44FN7O5. The van der Waals surface area contributed by atoms with Crippen LogP contribution in [0.4, 0.5) is 15.9 Å². The van der Waals surface area contributed by atoms with Gasteiger partial charge in [-0.3, -0.25) is 29.4 Å². The van der Waals surface area contributed by atoms with E-state index < -0.39 is 23.7 Å². The third-order valence-corrected chi connectivity index (χ3v) is 12.5. The van der Waals surface area contributed by atoms with Crippen LogP contribution in [-0.2, 0) is 16.1 Å². The molecule has 0 radical (unpaired) electrons. The van der Waals surface area contributed by atoms with Crippen molar-refractivity contribution >= 4 is 46.0 Å². The van der Waals surface area contributed by atoms with Gasteiger partial charge in [0.05, 0.1) is 17.7 Å². The fourth-order valence-corrected chi connectivity index (χ4v) is 9.55. The van der Waals surface area contributed by atoms with Gasteiger partial charge < -0.3 is 24.8 Å². The first-order chi connectivity index (χ1) is 26.1. The maximum Gasteiger partial charge on any atom is 0.259 e. The number of imide groups is 1. The number of ether oxygens (including phenoxy) is 1. The van der Waals surface area contributed by atoms with E-state index in [1.165, 1.54) is 12.1 Å². The molecule has 9 rings (SSSR count). The van der Waals surface area contributed by atoms with E-state index in [-0.39, 0.29) is 29.2 Å². The number of aromatic amines is 1. The average molecular weight is 734 g/mol. The topological polar surface area (TPSA) is 140 Å². The highest BCUT2D eigenvalue weighted by Gasteiger charge is 2.47. The fraction of sp³-hybridized carbons (Fsp3) is 0.439. The van der Waals surface area contributed by atoms with Crippen molar-refractivity contribution < 1.29 is 28.3 Å². The zero-order valence-corrected chi connectivity index (χ0v) is 30.3. The molecule has 13 heteroatoms. The highest BCUT2D eigenvalue weighted by molar-refractivity contribution is 6.06. The van der Waals surface area contributed by atoms with Crippen LogP contribution in [0.3, 0.4) is 0 Å². The number of benzene rings is 2. The Balaban J connectivity index is 0.760. The lowest BCUT2D eigenvalue weighted by Crippen LogP contribution is -2.52. The summed E-state index contributed by atoms with van der Waals surface area (Å²) in [5.41, 5.74) is 4.81. The van der Waals surface area contributed by atoms with Crippen LogP contribution >= 0.6 is 0 Å². The number of carbonyl (C=O) groups is 4. The van der Waals surface area contributed by atoms with Crippen LogP contribution in [0.1, 0.15) is 89.4 Å². The van der Waals surface area contributed by atoms with Gasteiger partial charge in [0.15, 0.2) is 0 Å². The van der Waals surface area contributed by atoms with Gasteiger partial charge in [-0.1, -0.05) is 6.07 Å². The molecule has 0 bridgehead atoms. The summed E-state index contributed by atoms with van der Waals surface area (Å²) in [6, 6.07) is 13.8. The number of rotatable bonds is 8. The molecule has 4 aliphatic heterocycles. The van der Waals surface area contributed by atoms with E-state index in [1.54, 1.807) is 23.2 Å². The average Bonchev–Trinajstić information content (AvgIpc) is 3.86. The Labute approximate surface area is 312 Å². The van der Waals surface area contributed by atoms with Crippen LogP contribution in [0.5, 0.6) is 5.75 Å². The number of amides is 4. The predicted molar refractivity (Wildman–Crippen MR) is 200 cm³/mol.